The second kappa shape index (κ2) is 12.9. The number of carboxylic acid groups (broad SMARTS) is 1. The van der Waals surface area contributed by atoms with Crippen molar-refractivity contribution in [3.63, 3.8) is 0 Å². The minimum Gasteiger partial charge on any atom is -0.748 e. The molecule has 0 fully saturated rings. The minimum absolute atomic E-state index is 0.126. The van der Waals surface area contributed by atoms with Gasteiger partial charge < -0.3 is 14.6 Å². The van der Waals surface area contributed by atoms with Crippen LogP contribution in [0.1, 0.15) is 53.4 Å². The van der Waals surface area contributed by atoms with Crippen LogP contribution in [0.4, 0.5) is 5.69 Å². The summed E-state index contributed by atoms with van der Waals surface area (Å²) < 4.78 is 37.0. The number of nitrogens with zero attached hydrogens (tertiary/aromatic N) is 2. The fourth-order valence-electron chi connectivity index (χ4n) is 4.67. The molecule has 3 aromatic rings. The van der Waals surface area contributed by atoms with Gasteiger partial charge >= 0.3 is 5.97 Å². The number of carbonyl (C=O) groups is 1. The Morgan fingerprint density at radius 1 is 1.05 bits per heavy atom. The molecule has 0 aliphatic carbocycles. The third-order valence-corrected chi connectivity index (χ3v) is 10.2. The highest BCUT2D eigenvalue weighted by atomic mass is 32.2. The summed E-state index contributed by atoms with van der Waals surface area (Å²) >= 11 is 3.34. The molecule has 1 N–H and O–H groups in total. The van der Waals surface area contributed by atoms with Gasteiger partial charge in [-0.15, -0.1) is 0 Å². The minimum atomic E-state index is -4.27. The Balaban J connectivity index is 1.60. The van der Waals surface area contributed by atoms with E-state index in [1.54, 1.807) is 23.1 Å². The Morgan fingerprint density at radius 2 is 1.73 bits per heavy atom. The van der Waals surface area contributed by atoms with Crippen LogP contribution in [0, 0.1) is 27.7 Å². The summed E-state index contributed by atoms with van der Waals surface area (Å²) in [4.78, 5) is 14.3. The highest BCUT2D eigenvalue weighted by molar-refractivity contribution is 8.03. The molecular weight excluding hydrogens is 577 g/mol. The zero-order valence-corrected chi connectivity index (χ0v) is 26.5. The van der Waals surface area contributed by atoms with E-state index in [0.29, 0.717) is 19.5 Å². The molecule has 10 heteroatoms. The Hall–Kier alpha value is -2.92. The van der Waals surface area contributed by atoms with Crippen molar-refractivity contribution >= 4 is 61.2 Å². The molecule has 1 aliphatic rings. The number of fused-ring (bicyclic) bond motifs is 2. The lowest BCUT2D eigenvalue weighted by Gasteiger charge is -2.21. The van der Waals surface area contributed by atoms with Crippen LogP contribution in [0.3, 0.4) is 0 Å². The van der Waals surface area contributed by atoms with Crippen molar-refractivity contribution in [2.75, 3.05) is 17.2 Å². The van der Waals surface area contributed by atoms with Gasteiger partial charge in [0.1, 0.15) is 4.70 Å². The van der Waals surface area contributed by atoms with E-state index in [1.165, 1.54) is 21.4 Å². The summed E-state index contributed by atoms with van der Waals surface area (Å²) in [5.74, 6) is -1.18. The lowest BCUT2D eigenvalue weighted by molar-refractivity contribution is -0.669. The fourth-order valence-corrected chi connectivity index (χ4v) is 7.49. The van der Waals surface area contributed by atoms with Crippen LogP contribution in [0.15, 0.2) is 58.0 Å². The van der Waals surface area contributed by atoms with Crippen LogP contribution in [0.5, 0.6) is 0 Å². The van der Waals surface area contributed by atoms with Crippen LogP contribution >= 0.6 is 23.1 Å². The number of hydrogen-bond acceptors (Lipinski definition) is 7. The fraction of sp³-hybridized carbons (Fsp3) is 0.355. The first-order valence-corrected chi connectivity index (χ1v) is 16.8. The maximum absolute atomic E-state index is 11.2. The standard InChI is InChI=1S/C31H36N2O5S3/c1-20(9-11-29-32(13-6-8-31(34)35)25-16-21(2)23(4)18-27(25)39-29)10-12-30-33(14-7-15-41(36,37)38)26-17-22(3)24(5)19-28(26)40-30/h9-12,16-19H,6-8,13-15H2,1-5H3,(H-,34,35,36,37,38). The number of aryl methyl sites for hydroxylation is 5. The smallest absolute Gasteiger partial charge is 0.303 e. The monoisotopic (exact) mass is 612 g/mol. The van der Waals surface area contributed by atoms with E-state index in [2.05, 4.69) is 73.6 Å². The van der Waals surface area contributed by atoms with Gasteiger partial charge in [-0.1, -0.05) is 40.8 Å². The average Bonchev–Trinajstić information content (AvgIpc) is 3.38. The Kier molecular flexibility index (Phi) is 9.79. The highest BCUT2D eigenvalue weighted by Gasteiger charge is 2.25. The SMILES string of the molecule is CC(C=Cc1sc2cc(C)c(C)cc2[n+]1CCCC(=O)O)=CC=C1Sc2cc(C)c(C)cc2N1CCCS(=O)(=O)[O-]. The second-order valence-corrected chi connectivity index (χ2v) is 14.2. The predicted molar refractivity (Wildman–Crippen MR) is 168 cm³/mol. The van der Waals surface area contributed by atoms with Gasteiger partial charge in [0.05, 0.1) is 27.3 Å². The van der Waals surface area contributed by atoms with E-state index in [4.69, 9.17) is 5.11 Å². The normalized spacial score (nSPS) is 15.0. The number of aromatic nitrogens is 1. The molecule has 0 radical (unpaired) electrons. The summed E-state index contributed by atoms with van der Waals surface area (Å²) in [7, 11) is -4.27. The Bertz CT molecular complexity index is 1680. The summed E-state index contributed by atoms with van der Waals surface area (Å²) in [5, 5.41) is 11.2. The van der Waals surface area contributed by atoms with Gasteiger partial charge in [0.2, 0.25) is 5.52 Å². The summed E-state index contributed by atoms with van der Waals surface area (Å²) in [6.45, 7) is 11.4. The number of benzene rings is 2. The topological polar surface area (TPSA) is 102 Å². The molecule has 41 heavy (non-hydrogen) atoms. The molecule has 0 spiro atoms. The van der Waals surface area contributed by atoms with E-state index in [9.17, 15) is 17.8 Å². The molecule has 0 saturated carbocycles. The first-order chi connectivity index (χ1) is 19.3. The molecule has 1 aliphatic heterocycles. The van der Waals surface area contributed by atoms with Gasteiger partial charge in [-0.25, -0.2) is 8.42 Å². The van der Waals surface area contributed by atoms with Gasteiger partial charge in [-0.3, -0.25) is 4.79 Å². The molecule has 2 heterocycles. The zero-order valence-electron chi connectivity index (χ0n) is 24.1. The van der Waals surface area contributed by atoms with Crippen molar-refractivity contribution in [3.8, 4) is 0 Å². The third kappa shape index (κ3) is 7.88. The average molecular weight is 613 g/mol. The molecule has 0 amide bonds. The number of hydrogen-bond donors (Lipinski definition) is 1. The van der Waals surface area contributed by atoms with E-state index in [0.717, 1.165) is 37.3 Å². The zero-order chi connectivity index (χ0) is 29.9. The van der Waals surface area contributed by atoms with Crippen LogP contribution < -0.4 is 9.47 Å². The maximum atomic E-state index is 11.2. The van der Waals surface area contributed by atoms with Crippen molar-refractivity contribution in [2.45, 2.75) is 65.3 Å². The largest absolute Gasteiger partial charge is 0.748 e. The first-order valence-electron chi connectivity index (χ1n) is 13.5. The summed E-state index contributed by atoms with van der Waals surface area (Å²) in [6, 6.07) is 8.64. The van der Waals surface area contributed by atoms with E-state index in [1.807, 2.05) is 19.1 Å². The summed E-state index contributed by atoms with van der Waals surface area (Å²) in [6.07, 6.45) is 9.16. The first kappa shape index (κ1) is 31.0. The number of rotatable bonds is 11. The Labute approximate surface area is 250 Å². The number of allylic oxidation sites excluding steroid dienone is 4. The summed E-state index contributed by atoms with van der Waals surface area (Å²) in [5.41, 5.74) is 7.98. The maximum Gasteiger partial charge on any atom is 0.303 e. The molecule has 1 aromatic heterocycles. The lowest BCUT2D eigenvalue weighted by Crippen LogP contribution is -2.35. The number of carboxylic acids is 1. The van der Waals surface area contributed by atoms with Gasteiger partial charge in [0.15, 0.2) is 6.54 Å². The second-order valence-electron chi connectivity index (χ2n) is 10.5. The van der Waals surface area contributed by atoms with E-state index < -0.39 is 16.1 Å². The Morgan fingerprint density at radius 3 is 2.44 bits per heavy atom. The van der Waals surface area contributed by atoms with Gasteiger partial charge in [-0.05, 0) is 87.6 Å². The molecule has 0 unspecified atom stereocenters. The highest BCUT2D eigenvalue weighted by Crippen LogP contribution is 2.47. The van der Waals surface area contributed by atoms with Gasteiger partial charge in [-0.2, -0.15) is 4.57 Å². The molecule has 0 saturated heterocycles. The third-order valence-electron chi connectivity index (χ3n) is 7.22. The molecule has 4 rings (SSSR count). The van der Waals surface area contributed by atoms with Crippen molar-refractivity contribution in [3.05, 3.63) is 80.4 Å². The van der Waals surface area contributed by atoms with Crippen LogP contribution in [-0.2, 0) is 21.5 Å². The van der Waals surface area contributed by atoms with Crippen molar-refractivity contribution in [2.24, 2.45) is 0 Å². The van der Waals surface area contributed by atoms with Crippen molar-refractivity contribution in [1.29, 1.82) is 0 Å². The van der Waals surface area contributed by atoms with Gasteiger partial charge in [0, 0.05) is 35.8 Å². The van der Waals surface area contributed by atoms with Crippen LogP contribution in [0.2, 0.25) is 0 Å². The molecule has 0 bridgehead atoms. The van der Waals surface area contributed by atoms with Crippen molar-refractivity contribution < 1.29 is 27.4 Å². The molecular formula is C31H36N2O5S3. The number of thiazole rings is 1. The van der Waals surface area contributed by atoms with Crippen LogP contribution in [-0.4, -0.2) is 36.3 Å². The van der Waals surface area contributed by atoms with Crippen molar-refractivity contribution in [1.82, 2.24) is 0 Å². The van der Waals surface area contributed by atoms with E-state index >= 15 is 0 Å². The molecule has 2 aromatic carbocycles. The van der Waals surface area contributed by atoms with E-state index in [-0.39, 0.29) is 18.6 Å². The molecule has 0 atom stereocenters. The van der Waals surface area contributed by atoms with Crippen LogP contribution in [0.25, 0.3) is 16.3 Å². The lowest BCUT2D eigenvalue weighted by atomic mass is 10.1. The predicted octanol–water partition coefficient (Wildman–Crippen LogP) is 6.64. The molecule has 218 valence electrons. The molecule has 7 nitrogen and oxygen atoms in total. The number of thioether (sulfide) groups is 1. The number of anilines is 1. The number of aliphatic carboxylic acids is 1. The quantitative estimate of drug-likeness (QED) is 0.147. The van der Waals surface area contributed by atoms with Gasteiger partial charge in [0.25, 0.3) is 5.01 Å².